The van der Waals surface area contributed by atoms with Crippen molar-refractivity contribution in [2.75, 3.05) is 57.8 Å². The minimum Gasteiger partial charge on any atom is -0.492 e. The van der Waals surface area contributed by atoms with Crippen molar-refractivity contribution in [1.82, 2.24) is 19.2 Å². The van der Waals surface area contributed by atoms with Crippen molar-refractivity contribution in [2.24, 2.45) is 0 Å². The van der Waals surface area contributed by atoms with Crippen molar-refractivity contribution in [3.05, 3.63) is 60.4 Å². The number of benzene rings is 1. The van der Waals surface area contributed by atoms with Crippen molar-refractivity contribution in [3.8, 4) is 5.75 Å². The maximum atomic E-state index is 13.0. The summed E-state index contributed by atoms with van der Waals surface area (Å²) in [6.45, 7) is 5.37. The summed E-state index contributed by atoms with van der Waals surface area (Å²) in [6.07, 6.45) is 8.19. The number of carbonyl (C=O) groups is 1. The van der Waals surface area contributed by atoms with Crippen molar-refractivity contribution < 1.29 is 14.6 Å². The molecule has 2 aliphatic heterocycles. The van der Waals surface area contributed by atoms with Crippen LogP contribution in [0.2, 0.25) is 0 Å². The zero-order chi connectivity index (χ0) is 24.3. The lowest BCUT2D eigenvalue weighted by atomic mass is 10.0. The molecule has 1 atom stereocenters. The van der Waals surface area contributed by atoms with E-state index in [0.717, 1.165) is 43.4 Å². The maximum Gasteiger partial charge on any atom is 0.253 e. The van der Waals surface area contributed by atoms with Gasteiger partial charge in [0.15, 0.2) is 0 Å². The van der Waals surface area contributed by atoms with Gasteiger partial charge in [0.05, 0.1) is 6.54 Å². The quantitative estimate of drug-likeness (QED) is 0.538. The van der Waals surface area contributed by atoms with E-state index in [1.54, 1.807) is 30.3 Å². The monoisotopic (exact) mass is 477 g/mol. The molecule has 8 heteroatoms. The highest BCUT2D eigenvalue weighted by Gasteiger charge is 2.38. The predicted octanol–water partition coefficient (Wildman–Crippen LogP) is 2.91. The van der Waals surface area contributed by atoms with Gasteiger partial charge in [0.1, 0.15) is 29.4 Å². The van der Waals surface area contributed by atoms with Crippen LogP contribution in [0, 0.1) is 0 Å². The molecular weight excluding hydrogens is 442 g/mol. The molecule has 0 radical (unpaired) electrons. The summed E-state index contributed by atoms with van der Waals surface area (Å²) in [4.78, 5) is 23.6. The molecule has 2 saturated heterocycles. The average molecular weight is 478 g/mol. The number of pyridine rings is 1. The van der Waals surface area contributed by atoms with Crippen molar-refractivity contribution in [1.29, 1.82) is 0 Å². The van der Waals surface area contributed by atoms with Crippen LogP contribution in [0.15, 0.2) is 54.9 Å². The van der Waals surface area contributed by atoms with Crippen LogP contribution in [0.25, 0.3) is 5.65 Å². The number of fused-ring (bicyclic) bond motifs is 1. The number of amides is 1. The van der Waals surface area contributed by atoms with Crippen LogP contribution in [0.1, 0.15) is 36.0 Å². The lowest BCUT2D eigenvalue weighted by molar-refractivity contribution is 0.0264. The fourth-order valence-electron chi connectivity index (χ4n) is 5.27. The van der Waals surface area contributed by atoms with Crippen LogP contribution >= 0.6 is 0 Å². The Hall–Kier alpha value is -3.10. The standard InChI is InChI=1S/C27H35N5O3/c1-29(20-27(34)12-16-31(21-27)25-7-5-6-24-28-13-17-32(24)25)26(33)22-8-10-23(11-9-22)35-19-18-30-14-3-2-4-15-30/h5-11,13,17,34H,2-4,12,14-16,18-21H2,1H3/t27-/m1/s1. The van der Waals surface area contributed by atoms with Gasteiger partial charge < -0.3 is 19.6 Å². The van der Waals surface area contributed by atoms with Gasteiger partial charge in [0.2, 0.25) is 0 Å². The Bertz CT molecular complexity index is 1140. The molecule has 0 aliphatic carbocycles. The number of likely N-dealkylation sites (tertiary alicyclic amines) is 1. The number of imidazole rings is 1. The zero-order valence-electron chi connectivity index (χ0n) is 20.5. The number of nitrogens with zero attached hydrogens (tertiary/aromatic N) is 5. The molecule has 3 aromatic rings. The molecule has 4 heterocycles. The number of ether oxygens (including phenoxy) is 1. The summed E-state index contributed by atoms with van der Waals surface area (Å²) >= 11 is 0. The molecule has 35 heavy (non-hydrogen) atoms. The third kappa shape index (κ3) is 5.44. The van der Waals surface area contributed by atoms with E-state index in [1.807, 2.05) is 40.9 Å². The van der Waals surface area contributed by atoms with Gasteiger partial charge >= 0.3 is 0 Å². The van der Waals surface area contributed by atoms with Gasteiger partial charge in [-0.3, -0.25) is 14.1 Å². The highest BCUT2D eigenvalue weighted by atomic mass is 16.5. The molecule has 0 spiro atoms. The van der Waals surface area contributed by atoms with Gasteiger partial charge in [-0.05, 0) is 68.8 Å². The summed E-state index contributed by atoms with van der Waals surface area (Å²) in [6, 6.07) is 13.3. The van der Waals surface area contributed by atoms with Crippen LogP contribution in [-0.2, 0) is 0 Å². The molecule has 0 bridgehead atoms. The van der Waals surface area contributed by atoms with Crippen LogP contribution < -0.4 is 9.64 Å². The number of hydrogen-bond acceptors (Lipinski definition) is 6. The Morgan fingerprint density at radius 1 is 1.11 bits per heavy atom. The number of likely N-dealkylation sites (N-methyl/N-ethyl adjacent to an activating group) is 1. The minimum atomic E-state index is -0.968. The van der Waals surface area contributed by atoms with Gasteiger partial charge in [0, 0.05) is 44.6 Å². The predicted molar refractivity (Wildman–Crippen MR) is 136 cm³/mol. The summed E-state index contributed by atoms with van der Waals surface area (Å²) in [7, 11) is 1.75. The van der Waals surface area contributed by atoms with Crippen LogP contribution in [-0.4, -0.2) is 88.7 Å². The number of aliphatic hydroxyl groups is 1. The van der Waals surface area contributed by atoms with Gasteiger partial charge in [-0.2, -0.15) is 0 Å². The molecule has 0 saturated carbocycles. The minimum absolute atomic E-state index is 0.103. The summed E-state index contributed by atoms with van der Waals surface area (Å²) in [5.41, 5.74) is 0.506. The van der Waals surface area contributed by atoms with Gasteiger partial charge in [-0.15, -0.1) is 0 Å². The first-order valence-corrected chi connectivity index (χ1v) is 12.6. The number of anilines is 1. The van der Waals surface area contributed by atoms with E-state index in [1.165, 1.54) is 19.3 Å². The molecule has 186 valence electrons. The second-order valence-electron chi connectivity index (χ2n) is 9.87. The second kappa shape index (κ2) is 10.3. The fraction of sp³-hybridized carbons (Fsp3) is 0.481. The Kier molecular flexibility index (Phi) is 6.92. The van der Waals surface area contributed by atoms with E-state index in [9.17, 15) is 9.90 Å². The summed E-state index contributed by atoms with van der Waals surface area (Å²) in [5, 5.41) is 11.3. The first-order chi connectivity index (χ1) is 17.0. The van der Waals surface area contributed by atoms with Crippen molar-refractivity contribution in [2.45, 2.75) is 31.3 Å². The largest absolute Gasteiger partial charge is 0.492 e. The third-order valence-corrected chi connectivity index (χ3v) is 7.17. The van der Waals surface area contributed by atoms with Crippen LogP contribution in [0.4, 0.5) is 5.82 Å². The van der Waals surface area contributed by atoms with E-state index in [0.29, 0.717) is 25.1 Å². The Balaban J connectivity index is 1.14. The Morgan fingerprint density at radius 2 is 1.91 bits per heavy atom. The third-order valence-electron chi connectivity index (χ3n) is 7.17. The lowest BCUT2D eigenvalue weighted by Crippen LogP contribution is -2.46. The normalized spacial score (nSPS) is 20.9. The molecular formula is C27H35N5O3. The Labute approximate surface area is 206 Å². The highest BCUT2D eigenvalue weighted by molar-refractivity contribution is 5.94. The number of hydrogen-bond donors (Lipinski definition) is 1. The van der Waals surface area contributed by atoms with Crippen LogP contribution in [0.5, 0.6) is 5.75 Å². The van der Waals surface area contributed by atoms with E-state index >= 15 is 0 Å². The molecule has 2 aromatic heterocycles. The number of piperidine rings is 1. The van der Waals surface area contributed by atoms with Crippen molar-refractivity contribution >= 4 is 17.4 Å². The van der Waals surface area contributed by atoms with Gasteiger partial charge in [-0.1, -0.05) is 12.5 Å². The summed E-state index contributed by atoms with van der Waals surface area (Å²) in [5.74, 6) is 1.68. The average Bonchev–Trinajstić information content (AvgIpc) is 3.51. The SMILES string of the molecule is CN(C[C@]1(O)CCN(c2cccc3nccn23)C1)C(=O)c1ccc(OCCN2CCCCC2)cc1. The summed E-state index contributed by atoms with van der Waals surface area (Å²) < 4.78 is 7.91. The molecule has 2 aliphatic rings. The lowest BCUT2D eigenvalue weighted by Gasteiger charge is -2.29. The topological polar surface area (TPSA) is 73.5 Å². The number of aromatic nitrogens is 2. The smallest absolute Gasteiger partial charge is 0.253 e. The molecule has 1 amide bonds. The van der Waals surface area contributed by atoms with E-state index in [4.69, 9.17) is 4.74 Å². The van der Waals surface area contributed by atoms with E-state index in [2.05, 4.69) is 14.8 Å². The molecule has 8 nitrogen and oxygen atoms in total. The number of carbonyl (C=O) groups excluding carboxylic acids is 1. The van der Waals surface area contributed by atoms with Gasteiger partial charge in [0.25, 0.3) is 5.91 Å². The first kappa shape index (κ1) is 23.6. The molecule has 1 N–H and O–H groups in total. The molecule has 1 aromatic carbocycles. The zero-order valence-corrected chi connectivity index (χ0v) is 20.5. The number of rotatable bonds is 8. The van der Waals surface area contributed by atoms with Crippen molar-refractivity contribution in [3.63, 3.8) is 0 Å². The highest BCUT2D eigenvalue weighted by Crippen LogP contribution is 2.28. The molecule has 2 fully saturated rings. The molecule has 0 unspecified atom stereocenters. The van der Waals surface area contributed by atoms with E-state index < -0.39 is 5.60 Å². The second-order valence-corrected chi connectivity index (χ2v) is 9.87. The maximum absolute atomic E-state index is 13.0. The van der Waals surface area contributed by atoms with E-state index in [-0.39, 0.29) is 12.5 Å². The molecule has 5 rings (SSSR count). The van der Waals surface area contributed by atoms with Gasteiger partial charge in [-0.25, -0.2) is 4.98 Å². The fourth-order valence-corrected chi connectivity index (χ4v) is 5.27. The van der Waals surface area contributed by atoms with Crippen LogP contribution in [0.3, 0.4) is 0 Å². The Morgan fingerprint density at radius 3 is 2.71 bits per heavy atom. The first-order valence-electron chi connectivity index (χ1n) is 12.6. The number of β-amino-alcohol motifs (C(OH)–C–C–N with tert-alkyl or cyclic N) is 1.